The third-order valence-electron chi connectivity index (χ3n) is 3.73. The Bertz CT molecular complexity index is 466. The number of hydrogen-bond acceptors (Lipinski definition) is 4. The number of ether oxygens (including phenoxy) is 1. The van der Waals surface area contributed by atoms with Crippen LogP contribution in [0.4, 0.5) is 5.69 Å². The molecular weight excluding hydrogens is 280 g/mol. The predicted octanol–water partition coefficient (Wildman–Crippen LogP) is 4.79. The van der Waals surface area contributed by atoms with Crippen LogP contribution in [0.3, 0.4) is 0 Å². The minimum absolute atomic E-state index is 0.208. The molecule has 3 nitrogen and oxygen atoms in total. The van der Waals surface area contributed by atoms with Crippen molar-refractivity contribution in [3.63, 3.8) is 0 Å². The third kappa shape index (κ3) is 4.67. The first kappa shape index (κ1) is 16.2. The second-order valence-electron chi connectivity index (χ2n) is 5.69. The normalized spacial score (nSPS) is 18.2. The Kier molecular flexibility index (Phi) is 5.97. The van der Waals surface area contributed by atoms with E-state index in [0.29, 0.717) is 5.25 Å². The van der Waals surface area contributed by atoms with Gasteiger partial charge in [-0.3, -0.25) is 4.99 Å². The van der Waals surface area contributed by atoms with Gasteiger partial charge in [0.2, 0.25) is 0 Å². The molecule has 0 amide bonds. The Labute approximate surface area is 132 Å². The van der Waals surface area contributed by atoms with Crippen LogP contribution >= 0.6 is 11.8 Å². The zero-order valence-electron chi connectivity index (χ0n) is 13.4. The van der Waals surface area contributed by atoms with Gasteiger partial charge in [0.15, 0.2) is 5.17 Å². The van der Waals surface area contributed by atoms with Crippen LogP contribution in [0, 0.1) is 5.92 Å². The van der Waals surface area contributed by atoms with Gasteiger partial charge in [0, 0.05) is 10.9 Å². The molecule has 0 radical (unpaired) electrons. The molecule has 0 fully saturated rings. The van der Waals surface area contributed by atoms with Gasteiger partial charge in [0.1, 0.15) is 5.75 Å². The van der Waals surface area contributed by atoms with E-state index < -0.39 is 0 Å². The fraction of sp³-hybridized carbons (Fsp3) is 0.588. The van der Waals surface area contributed by atoms with Crippen molar-refractivity contribution in [1.82, 2.24) is 0 Å². The maximum Gasteiger partial charge on any atom is 0.161 e. The predicted molar refractivity (Wildman–Crippen MR) is 93.6 cm³/mol. The number of rotatable bonds is 6. The van der Waals surface area contributed by atoms with Crippen molar-refractivity contribution >= 4 is 22.6 Å². The summed E-state index contributed by atoms with van der Waals surface area (Å²) in [6.07, 6.45) is 2.68. The van der Waals surface area contributed by atoms with Gasteiger partial charge in [0.05, 0.1) is 12.6 Å². The summed E-state index contributed by atoms with van der Waals surface area (Å²) in [5.74, 6) is 1.67. The second-order valence-corrected chi connectivity index (χ2v) is 6.92. The molecule has 0 bridgehead atoms. The van der Waals surface area contributed by atoms with Gasteiger partial charge >= 0.3 is 0 Å². The van der Waals surface area contributed by atoms with Crippen LogP contribution in [-0.2, 0) is 0 Å². The van der Waals surface area contributed by atoms with Crippen molar-refractivity contribution in [2.24, 2.45) is 10.9 Å². The van der Waals surface area contributed by atoms with Gasteiger partial charge in [-0.1, -0.05) is 38.5 Å². The highest BCUT2D eigenvalue weighted by atomic mass is 32.2. The molecule has 1 aromatic carbocycles. The van der Waals surface area contributed by atoms with Crippen LogP contribution in [0.5, 0.6) is 5.75 Å². The number of thioether (sulfide) groups is 1. The molecule has 1 N–H and O–H groups in total. The summed E-state index contributed by atoms with van der Waals surface area (Å²) in [5.41, 5.74) is 1.07. The minimum atomic E-state index is 0.208. The molecule has 1 heterocycles. The Morgan fingerprint density at radius 2 is 1.90 bits per heavy atom. The maximum absolute atomic E-state index is 5.65. The van der Waals surface area contributed by atoms with E-state index >= 15 is 0 Å². The van der Waals surface area contributed by atoms with Crippen molar-refractivity contribution in [2.75, 3.05) is 11.9 Å². The lowest BCUT2D eigenvalue weighted by atomic mass is 9.99. The zero-order chi connectivity index (χ0) is 15.2. The van der Waals surface area contributed by atoms with Crippen molar-refractivity contribution < 1.29 is 4.74 Å². The lowest BCUT2D eigenvalue weighted by molar-refractivity contribution is 0.242. The molecule has 1 aliphatic rings. The van der Waals surface area contributed by atoms with Crippen LogP contribution in [0.15, 0.2) is 29.3 Å². The Balaban J connectivity index is 1.88. The summed E-state index contributed by atoms with van der Waals surface area (Å²) >= 11 is 1.89. The Morgan fingerprint density at radius 3 is 2.48 bits per heavy atom. The van der Waals surface area contributed by atoms with Gasteiger partial charge in [-0.05, 0) is 44.0 Å². The van der Waals surface area contributed by atoms with E-state index in [4.69, 9.17) is 4.74 Å². The van der Waals surface area contributed by atoms with Crippen LogP contribution < -0.4 is 10.1 Å². The SMILES string of the molecule is CCC(CC)C1CN=C(Nc2ccc(OC(C)C)cc2)S1. The average Bonchev–Trinajstić information content (AvgIpc) is 2.90. The molecule has 0 saturated heterocycles. The van der Waals surface area contributed by atoms with Crippen LogP contribution in [0.25, 0.3) is 0 Å². The number of anilines is 1. The lowest BCUT2D eigenvalue weighted by Gasteiger charge is -2.18. The van der Waals surface area contributed by atoms with Crippen molar-refractivity contribution in [3.8, 4) is 5.75 Å². The smallest absolute Gasteiger partial charge is 0.161 e. The van der Waals surface area contributed by atoms with E-state index in [0.717, 1.165) is 29.1 Å². The molecule has 2 rings (SSSR count). The van der Waals surface area contributed by atoms with E-state index in [2.05, 4.69) is 24.2 Å². The molecule has 21 heavy (non-hydrogen) atoms. The van der Waals surface area contributed by atoms with Crippen LogP contribution in [-0.4, -0.2) is 23.1 Å². The van der Waals surface area contributed by atoms with E-state index in [1.807, 2.05) is 49.9 Å². The van der Waals surface area contributed by atoms with Gasteiger partial charge in [-0.2, -0.15) is 0 Å². The molecule has 4 heteroatoms. The van der Waals surface area contributed by atoms with Crippen molar-refractivity contribution in [3.05, 3.63) is 24.3 Å². The van der Waals surface area contributed by atoms with Crippen molar-refractivity contribution in [1.29, 1.82) is 0 Å². The molecular formula is C17H26N2OS. The number of nitrogens with zero attached hydrogens (tertiary/aromatic N) is 1. The standard InChI is InChI=1S/C17H26N2OS/c1-5-13(6-2)16-11-18-17(21-16)19-14-7-9-15(10-8-14)20-12(3)4/h7-10,12-13,16H,5-6,11H2,1-4H3,(H,18,19). The van der Waals surface area contributed by atoms with Crippen LogP contribution in [0.1, 0.15) is 40.5 Å². The van der Waals surface area contributed by atoms with E-state index in [1.165, 1.54) is 12.8 Å². The summed E-state index contributed by atoms with van der Waals surface area (Å²) in [4.78, 5) is 4.64. The fourth-order valence-electron chi connectivity index (χ4n) is 2.53. The van der Waals surface area contributed by atoms with E-state index in [1.54, 1.807) is 0 Å². The summed E-state index contributed by atoms with van der Waals surface area (Å²) in [5, 5.41) is 5.09. The summed E-state index contributed by atoms with van der Waals surface area (Å²) in [6, 6.07) is 8.10. The highest BCUT2D eigenvalue weighted by Crippen LogP contribution is 2.31. The summed E-state index contributed by atoms with van der Waals surface area (Å²) < 4.78 is 5.65. The highest BCUT2D eigenvalue weighted by Gasteiger charge is 2.25. The van der Waals surface area contributed by atoms with Crippen molar-refractivity contribution in [2.45, 2.75) is 51.9 Å². The third-order valence-corrected chi connectivity index (χ3v) is 5.02. The number of hydrogen-bond donors (Lipinski definition) is 1. The maximum atomic E-state index is 5.65. The molecule has 1 aromatic rings. The minimum Gasteiger partial charge on any atom is -0.491 e. The lowest BCUT2D eigenvalue weighted by Crippen LogP contribution is -2.17. The van der Waals surface area contributed by atoms with Gasteiger partial charge < -0.3 is 10.1 Å². The largest absolute Gasteiger partial charge is 0.491 e. The molecule has 1 aliphatic heterocycles. The number of aliphatic imine (C=N–C) groups is 1. The van der Waals surface area contributed by atoms with Gasteiger partial charge in [-0.25, -0.2) is 0 Å². The molecule has 0 aromatic heterocycles. The summed E-state index contributed by atoms with van der Waals surface area (Å²) in [7, 11) is 0. The number of nitrogens with one attached hydrogen (secondary N) is 1. The molecule has 116 valence electrons. The highest BCUT2D eigenvalue weighted by molar-refractivity contribution is 8.15. The first-order valence-corrected chi connectivity index (χ1v) is 8.75. The summed E-state index contributed by atoms with van der Waals surface area (Å²) in [6.45, 7) is 9.55. The first-order chi connectivity index (χ1) is 10.1. The molecule has 0 spiro atoms. The quantitative estimate of drug-likeness (QED) is 0.820. The zero-order valence-corrected chi connectivity index (χ0v) is 14.2. The first-order valence-electron chi connectivity index (χ1n) is 7.87. The number of benzene rings is 1. The van der Waals surface area contributed by atoms with Gasteiger partial charge in [0.25, 0.3) is 0 Å². The second kappa shape index (κ2) is 7.74. The molecule has 0 saturated carbocycles. The van der Waals surface area contributed by atoms with Crippen LogP contribution in [0.2, 0.25) is 0 Å². The van der Waals surface area contributed by atoms with Gasteiger partial charge in [-0.15, -0.1) is 0 Å². The van der Waals surface area contributed by atoms with E-state index in [9.17, 15) is 0 Å². The Hall–Kier alpha value is -1.16. The average molecular weight is 306 g/mol. The van der Waals surface area contributed by atoms with E-state index in [-0.39, 0.29) is 6.10 Å². The fourth-order valence-corrected chi connectivity index (χ4v) is 3.87. The molecule has 1 unspecified atom stereocenters. The Morgan fingerprint density at radius 1 is 1.24 bits per heavy atom. The topological polar surface area (TPSA) is 33.6 Å². The monoisotopic (exact) mass is 306 g/mol. The molecule has 1 atom stereocenters. The molecule has 0 aliphatic carbocycles. The number of amidine groups is 1.